The maximum atomic E-state index is 12.5. The van der Waals surface area contributed by atoms with Gasteiger partial charge in [0.15, 0.2) is 9.84 Å². The number of nitriles is 1. The molecule has 1 fully saturated rings. The number of nitrogens with one attached hydrogen (secondary N) is 1. The van der Waals surface area contributed by atoms with E-state index < -0.39 is 9.84 Å². The fourth-order valence-corrected chi connectivity index (χ4v) is 4.81. The molecule has 0 spiro atoms. The van der Waals surface area contributed by atoms with Gasteiger partial charge in [0, 0.05) is 6.04 Å². The first-order valence-corrected chi connectivity index (χ1v) is 10.0. The summed E-state index contributed by atoms with van der Waals surface area (Å²) in [6, 6.07) is 12.1. The zero-order chi connectivity index (χ0) is 18.6. The third kappa shape index (κ3) is 4.50. The molecule has 3 rings (SSSR count). The molecule has 1 aliphatic heterocycles. The normalized spacial score (nSPS) is 18.5. The van der Waals surface area contributed by atoms with Gasteiger partial charge in [-0.1, -0.05) is 12.1 Å². The van der Waals surface area contributed by atoms with Gasteiger partial charge < -0.3 is 9.73 Å². The molecule has 7 nitrogen and oxygen atoms in total. The molecule has 2 aromatic rings. The van der Waals surface area contributed by atoms with Crippen molar-refractivity contribution in [2.45, 2.75) is 19.0 Å². The summed E-state index contributed by atoms with van der Waals surface area (Å²) in [6.45, 7) is 0.362. The van der Waals surface area contributed by atoms with Gasteiger partial charge in [-0.2, -0.15) is 5.26 Å². The largest absolute Gasteiger partial charge is 0.468 e. The first-order valence-electron chi connectivity index (χ1n) is 8.23. The number of hydrogen-bond donors (Lipinski definition) is 1. The number of rotatable bonds is 6. The molecule has 1 saturated heterocycles. The molecular formula is C18H19N3O4S. The van der Waals surface area contributed by atoms with Gasteiger partial charge >= 0.3 is 0 Å². The van der Waals surface area contributed by atoms with Crippen LogP contribution in [-0.2, 0) is 21.2 Å². The molecule has 0 saturated carbocycles. The minimum atomic E-state index is -3.07. The average molecular weight is 373 g/mol. The molecular weight excluding hydrogens is 354 g/mol. The zero-order valence-corrected chi connectivity index (χ0v) is 14.9. The number of carbonyl (C=O) groups excluding carboxylic acids is 1. The van der Waals surface area contributed by atoms with E-state index in [0.29, 0.717) is 30.0 Å². The van der Waals surface area contributed by atoms with Crippen LogP contribution in [0.5, 0.6) is 0 Å². The second-order valence-electron chi connectivity index (χ2n) is 6.25. The van der Waals surface area contributed by atoms with Crippen LogP contribution in [0, 0.1) is 11.3 Å². The summed E-state index contributed by atoms with van der Waals surface area (Å²) < 4.78 is 29.0. The summed E-state index contributed by atoms with van der Waals surface area (Å²) in [5.74, 6) is 0.532. The van der Waals surface area contributed by atoms with Crippen LogP contribution in [0.15, 0.2) is 47.1 Å². The number of hydrogen-bond acceptors (Lipinski definition) is 6. The lowest BCUT2D eigenvalue weighted by Gasteiger charge is -2.26. The first kappa shape index (κ1) is 18.2. The summed E-state index contributed by atoms with van der Waals surface area (Å²) in [6.07, 6.45) is 2.03. The minimum Gasteiger partial charge on any atom is -0.468 e. The predicted octanol–water partition coefficient (Wildman–Crippen LogP) is 1.78. The number of anilines is 1. The van der Waals surface area contributed by atoms with Crippen molar-refractivity contribution in [3.63, 3.8) is 0 Å². The summed E-state index contributed by atoms with van der Waals surface area (Å²) in [4.78, 5) is 14.3. The summed E-state index contributed by atoms with van der Waals surface area (Å²) in [7, 11) is -3.07. The Balaban J connectivity index is 1.72. The lowest BCUT2D eigenvalue weighted by atomic mass is 10.2. The van der Waals surface area contributed by atoms with Crippen LogP contribution in [0.3, 0.4) is 0 Å². The van der Waals surface area contributed by atoms with E-state index in [1.54, 1.807) is 42.7 Å². The van der Waals surface area contributed by atoms with Crippen LogP contribution in [0.2, 0.25) is 0 Å². The second kappa shape index (κ2) is 7.72. The molecule has 8 heteroatoms. The van der Waals surface area contributed by atoms with Crippen molar-refractivity contribution >= 4 is 21.4 Å². The molecule has 0 aliphatic carbocycles. The van der Waals surface area contributed by atoms with Gasteiger partial charge in [0.25, 0.3) is 0 Å². The van der Waals surface area contributed by atoms with E-state index in [9.17, 15) is 13.2 Å². The van der Waals surface area contributed by atoms with Gasteiger partial charge in [-0.05, 0) is 30.7 Å². The lowest BCUT2D eigenvalue weighted by molar-refractivity contribution is -0.118. The lowest BCUT2D eigenvalue weighted by Crippen LogP contribution is -2.41. The summed E-state index contributed by atoms with van der Waals surface area (Å²) >= 11 is 0. The fraction of sp³-hybridized carbons (Fsp3) is 0.333. The molecule has 1 N–H and O–H groups in total. The third-order valence-corrected chi connectivity index (χ3v) is 6.08. The third-order valence-electron chi connectivity index (χ3n) is 4.33. The van der Waals surface area contributed by atoms with Crippen molar-refractivity contribution in [3.05, 3.63) is 54.0 Å². The van der Waals surface area contributed by atoms with Crippen molar-refractivity contribution in [2.75, 3.05) is 23.4 Å². The van der Waals surface area contributed by atoms with Crippen LogP contribution < -0.4 is 5.32 Å². The zero-order valence-electron chi connectivity index (χ0n) is 14.1. The van der Waals surface area contributed by atoms with Crippen LogP contribution in [0.1, 0.15) is 17.7 Å². The monoisotopic (exact) mass is 373 g/mol. The molecule has 1 aromatic heterocycles. The standard InChI is InChI=1S/C18H19N3O4S/c19-10-14-4-1-2-6-17(14)20-18(22)12-21(11-16-5-3-8-25-16)15-7-9-26(23,24)13-15/h1-6,8,15H,7,9,11-13H2,(H,20,22)/t15-/m0/s1. The fourth-order valence-electron chi connectivity index (χ4n) is 3.04. The number of nitrogens with zero attached hydrogens (tertiary/aromatic N) is 2. The quantitative estimate of drug-likeness (QED) is 0.828. The Labute approximate surface area is 152 Å². The Bertz CT molecular complexity index is 916. The van der Waals surface area contributed by atoms with Gasteiger partial charge in [-0.15, -0.1) is 0 Å². The highest BCUT2D eigenvalue weighted by molar-refractivity contribution is 7.91. The molecule has 1 amide bonds. The Hall–Kier alpha value is -2.63. The molecule has 2 heterocycles. The molecule has 1 aliphatic rings. The Kier molecular flexibility index (Phi) is 5.40. The number of benzene rings is 1. The van der Waals surface area contributed by atoms with E-state index >= 15 is 0 Å². The number of carbonyl (C=O) groups is 1. The number of sulfone groups is 1. The number of para-hydroxylation sites is 1. The Morgan fingerprint density at radius 1 is 1.31 bits per heavy atom. The van der Waals surface area contributed by atoms with Gasteiger partial charge in [0.2, 0.25) is 5.91 Å². The Morgan fingerprint density at radius 3 is 2.77 bits per heavy atom. The first-order chi connectivity index (χ1) is 12.5. The SMILES string of the molecule is N#Cc1ccccc1NC(=O)CN(Cc1ccco1)[C@H]1CCS(=O)(=O)C1. The predicted molar refractivity (Wildman–Crippen MR) is 96.0 cm³/mol. The molecule has 1 atom stereocenters. The average Bonchev–Trinajstić information content (AvgIpc) is 3.24. The van der Waals surface area contributed by atoms with Crippen molar-refractivity contribution in [1.82, 2.24) is 4.90 Å². The van der Waals surface area contributed by atoms with Crippen molar-refractivity contribution in [1.29, 1.82) is 5.26 Å². The highest BCUT2D eigenvalue weighted by Crippen LogP contribution is 2.21. The highest BCUT2D eigenvalue weighted by atomic mass is 32.2. The van der Waals surface area contributed by atoms with Gasteiger partial charge in [0.1, 0.15) is 11.8 Å². The highest BCUT2D eigenvalue weighted by Gasteiger charge is 2.33. The summed E-state index contributed by atoms with van der Waals surface area (Å²) in [5, 5.41) is 11.9. The van der Waals surface area contributed by atoms with Gasteiger partial charge in [0.05, 0.1) is 42.1 Å². The van der Waals surface area contributed by atoms with Crippen molar-refractivity contribution < 1.29 is 17.6 Å². The van der Waals surface area contributed by atoms with Gasteiger partial charge in [-0.25, -0.2) is 8.42 Å². The maximum Gasteiger partial charge on any atom is 0.238 e. The van der Waals surface area contributed by atoms with E-state index in [4.69, 9.17) is 9.68 Å². The molecule has 136 valence electrons. The van der Waals surface area contributed by atoms with E-state index in [2.05, 4.69) is 5.32 Å². The smallest absolute Gasteiger partial charge is 0.238 e. The van der Waals surface area contributed by atoms with Gasteiger partial charge in [-0.3, -0.25) is 9.69 Å². The molecule has 0 radical (unpaired) electrons. The molecule has 0 unspecified atom stereocenters. The van der Waals surface area contributed by atoms with E-state index in [-0.39, 0.29) is 30.0 Å². The van der Waals surface area contributed by atoms with E-state index in [0.717, 1.165) is 0 Å². The van der Waals surface area contributed by atoms with Crippen molar-refractivity contribution in [2.24, 2.45) is 0 Å². The van der Waals surface area contributed by atoms with Crippen LogP contribution in [-0.4, -0.2) is 43.3 Å². The number of furan rings is 1. The second-order valence-corrected chi connectivity index (χ2v) is 8.48. The van der Waals surface area contributed by atoms with Crippen LogP contribution >= 0.6 is 0 Å². The number of amides is 1. The topological polar surface area (TPSA) is 103 Å². The van der Waals surface area contributed by atoms with Crippen LogP contribution in [0.25, 0.3) is 0 Å². The minimum absolute atomic E-state index is 0.0145. The summed E-state index contributed by atoms with van der Waals surface area (Å²) in [5.41, 5.74) is 0.818. The molecule has 1 aromatic carbocycles. The Morgan fingerprint density at radius 2 is 2.12 bits per heavy atom. The van der Waals surface area contributed by atoms with Crippen LogP contribution in [0.4, 0.5) is 5.69 Å². The molecule has 0 bridgehead atoms. The maximum absolute atomic E-state index is 12.5. The van der Waals surface area contributed by atoms with E-state index in [1.807, 2.05) is 11.0 Å². The van der Waals surface area contributed by atoms with E-state index in [1.165, 1.54) is 0 Å². The van der Waals surface area contributed by atoms with Crippen molar-refractivity contribution in [3.8, 4) is 6.07 Å². The molecule has 26 heavy (non-hydrogen) atoms.